The van der Waals surface area contributed by atoms with E-state index in [2.05, 4.69) is 5.32 Å². The van der Waals surface area contributed by atoms with E-state index in [-0.39, 0.29) is 43.1 Å². The molecule has 2 heterocycles. The Morgan fingerprint density at radius 1 is 1.18 bits per heavy atom. The summed E-state index contributed by atoms with van der Waals surface area (Å²) in [5, 5.41) is 2.76. The lowest BCUT2D eigenvalue weighted by Crippen LogP contribution is -2.38. The maximum absolute atomic E-state index is 13.1. The molecule has 0 bridgehead atoms. The van der Waals surface area contributed by atoms with Crippen LogP contribution in [0.5, 0.6) is 0 Å². The van der Waals surface area contributed by atoms with Gasteiger partial charge in [0.1, 0.15) is 5.76 Å². The van der Waals surface area contributed by atoms with Gasteiger partial charge < -0.3 is 24.1 Å². The van der Waals surface area contributed by atoms with Crippen molar-refractivity contribution in [2.75, 3.05) is 26.9 Å². The van der Waals surface area contributed by atoms with Gasteiger partial charge in [0.25, 0.3) is 5.91 Å². The van der Waals surface area contributed by atoms with Gasteiger partial charge in [-0.2, -0.15) is 0 Å². The van der Waals surface area contributed by atoms with Crippen molar-refractivity contribution in [3.8, 4) is 0 Å². The van der Waals surface area contributed by atoms with Crippen LogP contribution >= 0.6 is 0 Å². The van der Waals surface area contributed by atoms with Crippen molar-refractivity contribution in [3.63, 3.8) is 0 Å². The number of allylic oxidation sites excluding steroid dienone is 1. The van der Waals surface area contributed by atoms with E-state index in [0.717, 1.165) is 5.56 Å². The van der Waals surface area contributed by atoms with Gasteiger partial charge >= 0.3 is 5.97 Å². The summed E-state index contributed by atoms with van der Waals surface area (Å²) >= 11 is 0. The minimum Gasteiger partial charge on any atom is -0.463 e. The smallest absolute Gasteiger partial charge is 0.336 e. The molecule has 33 heavy (non-hydrogen) atoms. The van der Waals surface area contributed by atoms with Crippen molar-refractivity contribution >= 4 is 17.8 Å². The van der Waals surface area contributed by atoms with Gasteiger partial charge in [0.2, 0.25) is 5.91 Å². The van der Waals surface area contributed by atoms with Crippen molar-refractivity contribution in [2.24, 2.45) is 0 Å². The van der Waals surface area contributed by atoms with Crippen LogP contribution in [0.25, 0.3) is 0 Å². The Morgan fingerprint density at radius 2 is 1.94 bits per heavy atom. The highest BCUT2D eigenvalue weighted by Crippen LogP contribution is 2.37. The predicted molar refractivity (Wildman–Crippen MR) is 121 cm³/mol. The molecule has 176 valence electrons. The molecule has 8 heteroatoms. The molecule has 0 saturated carbocycles. The number of hydrogen-bond donors (Lipinski definition) is 1. The number of ether oxygens (including phenoxy) is 2. The van der Waals surface area contributed by atoms with Gasteiger partial charge in [0.15, 0.2) is 5.76 Å². The molecule has 1 aliphatic heterocycles. The highest BCUT2D eigenvalue weighted by atomic mass is 16.5. The molecule has 0 aliphatic carbocycles. The molecular formula is C25H30N2O6. The van der Waals surface area contributed by atoms with Crippen LogP contribution < -0.4 is 5.32 Å². The van der Waals surface area contributed by atoms with Crippen LogP contribution in [0.1, 0.15) is 54.5 Å². The molecule has 0 fully saturated rings. The normalized spacial score (nSPS) is 16.2. The van der Waals surface area contributed by atoms with Crippen LogP contribution in [0, 0.1) is 0 Å². The molecule has 0 spiro atoms. The van der Waals surface area contributed by atoms with E-state index in [1.807, 2.05) is 30.3 Å². The summed E-state index contributed by atoms with van der Waals surface area (Å²) in [5.74, 6) is -0.648. The second-order valence-electron chi connectivity index (χ2n) is 7.74. The van der Waals surface area contributed by atoms with Gasteiger partial charge in [-0.05, 0) is 38.0 Å². The van der Waals surface area contributed by atoms with Crippen LogP contribution in [0.3, 0.4) is 0 Å². The minimum absolute atomic E-state index is 0.117. The van der Waals surface area contributed by atoms with Gasteiger partial charge in [-0.3, -0.25) is 9.59 Å². The van der Waals surface area contributed by atoms with Crippen LogP contribution in [0.4, 0.5) is 0 Å². The van der Waals surface area contributed by atoms with Crippen molar-refractivity contribution < 1.29 is 28.3 Å². The quantitative estimate of drug-likeness (QED) is 0.437. The number of furan rings is 1. The number of rotatable bonds is 10. The van der Waals surface area contributed by atoms with E-state index in [1.165, 1.54) is 4.90 Å². The number of hydrogen-bond acceptors (Lipinski definition) is 6. The number of esters is 1. The zero-order valence-corrected chi connectivity index (χ0v) is 19.3. The Morgan fingerprint density at radius 3 is 2.64 bits per heavy atom. The zero-order chi connectivity index (χ0) is 23.8. The Kier molecular flexibility index (Phi) is 8.43. The summed E-state index contributed by atoms with van der Waals surface area (Å²) in [4.78, 5) is 39.7. The van der Waals surface area contributed by atoms with Crippen LogP contribution in [0.15, 0.2) is 58.2 Å². The minimum atomic E-state index is -0.433. The third-order valence-electron chi connectivity index (χ3n) is 5.53. The number of carbonyl (C=O) groups excluding carboxylic acids is 3. The van der Waals surface area contributed by atoms with Crippen molar-refractivity contribution in [1.29, 1.82) is 0 Å². The Hall–Kier alpha value is -3.39. The molecule has 8 nitrogen and oxygen atoms in total. The van der Waals surface area contributed by atoms with Crippen LogP contribution in [-0.2, 0) is 25.6 Å². The first-order valence-electron chi connectivity index (χ1n) is 11.0. The predicted octanol–water partition coefficient (Wildman–Crippen LogP) is 3.40. The lowest BCUT2D eigenvalue weighted by Gasteiger charge is -2.34. The molecule has 0 radical (unpaired) electrons. The fraction of sp³-hybridized carbons (Fsp3) is 0.400. The molecule has 2 aromatic rings. The number of carbonyl (C=O) groups is 3. The molecule has 1 unspecified atom stereocenters. The van der Waals surface area contributed by atoms with E-state index in [1.54, 1.807) is 33.1 Å². The summed E-state index contributed by atoms with van der Waals surface area (Å²) in [6.07, 6.45) is 0.838. The van der Waals surface area contributed by atoms with Crippen LogP contribution in [-0.4, -0.2) is 49.6 Å². The van der Waals surface area contributed by atoms with Gasteiger partial charge in [0.05, 0.1) is 18.7 Å². The summed E-state index contributed by atoms with van der Waals surface area (Å²) in [5.41, 5.74) is 1.88. The monoisotopic (exact) mass is 454 g/mol. The third-order valence-corrected chi connectivity index (χ3v) is 5.53. The molecule has 2 amide bonds. The first-order valence-corrected chi connectivity index (χ1v) is 11.0. The molecule has 0 saturated heterocycles. The number of nitrogens with zero attached hydrogens (tertiary/aromatic N) is 1. The lowest BCUT2D eigenvalue weighted by molar-refractivity contribution is -0.140. The SMILES string of the molecule is CCOC(=O)C1=C(C)N(Cc2ccc(C(=O)NCCCOC)o2)C(=O)CC1c1ccccc1. The van der Waals surface area contributed by atoms with Gasteiger partial charge in [0, 0.05) is 38.3 Å². The number of methoxy groups -OCH3 is 1. The van der Waals surface area contributed by atoms with E-state index >= 15 is 0 Å². The summed E-state index contributed by atoms with van der Waals surface area (Å²) < 4.78 is 16.0. The fourth-order valence-corrected chi connectivity index (χ4v) is 3.89. The maximum Gasteiger partial charge on any atom is 0.336 e. The molecule has 3 rings (SSSR count). The second-order valence-corrected chi connectivity index (χ2v) is 7.74. The fourth-order valence-electron chi connectivity index (χ4n) is 3.89. The molecule has 1 N–H and O–H groups in total. The van der Waals surface area contributed by atoms with Gasteiger partial charge in [-0.25, -0.2) is 4.79 Å². The second kappa shape index (κ2) is 11.5. The van der Waals surface area contributed by atoms with Crippen molar-refractivity contribution in [3.05, 3.63) is 70.8 Å². The maximum atomic E-state index is 13.1. The van der Waals surface area contributed by atoms with E-state index in [0.29, 0.717) is 36.6 Å². The Balaban J connectivity index is 1.81. The Bertz CT molecular complexity index is 1010. The summed E-state index contributed by atoms with van der Waals surface area (Å²) in [6, 6.07) is 12.7. The topological polar surface area (TPSA) is 98.1 Å². The highest BCUT2D eigenvalue weighted by Gasteiger charge is 2.37. The Labute approximate surface area is 193 Å². The molecule has 1 aliphatic rings. The third kappa shape index (κ3) is 5.90. The largest absolute Gasteiger partial charge is 0.463 e. The molecule has 1 atom stereocenters. The molecule has 1 aromatic heterocycles. The lowest BCUT2D eigenvalue weighted by atomic mass is 9.83. The molecule has 1 aromatic carbocycles. The standard InChI is InChI=1S/C25H30N2O6/c1-4-32-25(30)23-17(2)27(22(28)15-20(23)18-9-6-5-7-10-18)16-19-11-12-21(33-19)24(29)26-13-8-14-31-3/h5-7,9-12,20H,4,8,13-16H2,1-3H3,(H,26,29). The van der Waals surface area contributed by atoms with Crippen LogP contribution in [0.2, 0.25) is 0 Å². The zero-order valence-electron chi connectivity index (χ0n) is 19.3. The van der Waals surface area contributed by atoms with Crippen molar-refractivity contribution in [2.45, 2.75) is 39.2 Å². The first kappa shape index (κ1) is 24.3. The van der Waals surface area contributed by atoms with Crippen molar-refractivity contribution in [1.82, 2.24) is 10.2 Å². The summed E-state index contributed by atoms with van der Waals surface area (Å²) in [7, 11) is 1.61. The number of amides is 2. The highest BCUT2D eigenvalue weighted by molar-refractivity contribution is 5.96. The average Bonchev–Trinajstić information content (AvgIpc) is 3.28. The number of benzene rings is 1. The summed E-state index contributed by atoms with van der Waals surface area (Å²) in [6.45, 7) is 4.88. The number of nitrogens with one attached hydrogen (secondary N) is 1. The van der Waals surface area contributed by atoms with Gasteiger partial charge in [-0.1, -0.05) is 30.3 Å². The van der Waals surface area contributed by atoms with E-state index < -0.39 is 5.97 Å². The van der Waals surface area contributed by atoms with E-state index in [4.69, 9.17) is 13.9 Å². The first-order chi connectivity index (χ1) is 16.0. The van der Waals surface area contributed by atoms with E-state index in [9.17, 15) is 14.4 Å². The molecular weight excluding hydrogens is 424 g/mol. The van der Waals surface area contributed by atoms with Gasteiger partial charge in [-0.15, -0.1) is 0 Å². The average molecular weight is 455 g/mol.